The highest BCUT2D eigenvalue weighted by Crippen LogP contribution is 2.25. The van der Waals surface area contributed by atoms with E-state index in [1.807, 2.05) is 48.5 Å². The summed E-state index contributed by atoms with van der Waals surface area (Å²) < 4.78 is 6.62. The molecular formula is C20H22N4O2S. The van der Waals surface area contributed by atoms with E-state index in [-0.39, 0.29) is 5.91 Å². The number of para-hydroxylation sites is 1. The number of hydrogen-bond acceptors (Lipinski definition) is 6. The summed E-state index contributed by atoms with van der Waals surface area (Å²) in [5.41, 5.74) is 4.35. The van der Waals surface area contributed by atoms with Gasteiger partial charge >= 0.3 is 0 Å². The molecule has 0 bridgehead atoms. The van der Waals surface area contributed by atoms with Crippen molar-refractivity contribution in [3.05, 3.63) is 54.1 Å². The molecule has 1 heterocycles. The van der Waals surface area contributed by atoms with Gasteiger partial charge in [-0.05, 0) is 55.3 Å². The van der Waals surface area contributed by atoms with Crippen molar-refractivity contribution < 1.29 is 9.53 Å². The van der Waals surface area contributed by atoms with Gasteiger partial charge in [-0.2, -0.15) is 5.10 Å². The monoisotopic (exact) mass is 382 g/mol. The Kier molecular flexibility index (Phi) is 6.38. The quantitative estimate of drug-likeness (QED) is 0.455. The van der Waals surface area contributed by atoms with Crippen LogP contribution in [0.25, 0.3) is 10.2 Å². The summed E-state index contributed by atoms with van der Waals surface area (Å²) in [5.74, 6) is 0.597. The standard InChI is InChI=1S/C20H22N4O2S/c1-3-12-26-16-10-8-15(9-11-16)13-21-24-19(25)14(2)22-20-23-17-6-4-5-7-18(17)27-20/h4-11,13-14H,3,12H2,1-2H3,(H,22,23)(H,24,25)/b21-13-/t14-/m1/s1. The Morgan fingerprint density at radius 3 is 2.78 bits per heavy atom. The van der Waals surface area contributed by atoms with Gasteiger partial charge in [0.1, 0.15) is 11.8 Å². The van der Waals surface area contributed by atoms with Crippen LogP contribution >= 0.6 is 11.3 Å². The van der Waals surface area contributed by atoms with Gasteiger partial charge < -0.3 is 10.1 Å². The molecule has 2 aromatic carbocycles. The maximum atomic E-state index is 12.2. The summed E-state index contributed by atoms with van der Waals surface area (Å²) in [6, 6.07) is 15.0. The molecule has 1 atom stereocenters. The van der Waals surface area contributed by atoms with Crippen LogP contribution in [0.4, 0.5) is 5.13 Å². The van der Waals surface area contributed by atoms with Gasteiger partial charge in [-0.15, -0.1) is 0 Å². The van der Waals surface area contributed by atoms with Crippen molar-refractivity contribution in [2.24, 2.45) is 5.10 Å². The topological polar surface area (TPSA) is 75.6 Å². The molecule has 1 aromatic heterocycles. The highest BCUT2D eigenvalue weighted by atomic mass is 32.1. The van der Waals surface area contributed by atoms with Gasteiger partial charge in [0, 0.05) is 0 Å². The first-order valence-corrected chi connectivity index (χ1v) is 9.65. The van der Waals surface area contributed by atoms with Crippen LogP contribution in [0, 0.1) is 0 Å². The fourth-order valence-corrected chi connectivity index (χ4v) is 3.27. The second kappa shape index (κ2) is 9.14. The molecule has 0 saturated carbocycles. The van der Waals surface area contributed by atoms with Crippen LogP contribution < -0.4 is 15.5 Å². The maximum absolute atomic E-state index is 12.2. The number of nitrogens with zero attached hydrogens (tertiary/aromatic N) is 2. The van der Waals surface area contributed by atoms with Gasteiger partial charge in [-0.25, -0.2) is 10.4 Å². The molecular weight excluding hydrogens is 360 g/mol. The fourth-order valence-electron chi connectivity index (χ4n) is 2.32. The van der Waals surface area contributed by atoms with Gasteiger partial charge in [0.25, 0.3) is 5.91 Å². The SMILES string of the molecule is CCCOc1ccc(/C=N\NC(=O)[C@@H](C)Nc2nc3ccccc3s2)cc1. The van der Waals surface area contributed by atoms with Crippen molar-refractivity contribution in [1.29, 1.82) is 0 Å². The average Bonchev–Trinajstić information content (AvgIpc) is 3.09. The lowest BCUT2D eigenvalue weighted by atomic mass is 10.2. The zero-order chi connectivity index (χ0) is 19.1. The van der Waals surface area contributed by atoms with Crippen LogP contribution in [0.15, 0.2) is 53.6 Å². The van der Waals surface area contributed by atoms with E-state index < -0.39 is 6.04 Å². The lowest BCUT2D eigenvalue weighted by molar-refractivity contribution is -0.121. The van der Waals surface area contributed by atoms with E-state index in [9.17, 15) is 4.79 Å². The first kappa shape index (κ1) is 18.8. The van der Waals surface area contributed by atoms with Crippen LogP contribution in [0.3, 0.4) is 0 Å². The predicted octanol–water partition coefficient (Wildman–Crippen LogP) is 4.04. The molecule has 6 nitrogen and oxygen atoms in total. The number of fused-ring (bicyclic) bond motifs is 1. The number of amides is 1. The van der Waals surface area contributed by atoms with Crippen molar-refractivity contribution in [3.63, 3.8) is 0 Å². The summed E-state index contributed by atoms with van der Waals surface area (Å²) in [6.07, 6.45) is 2.57. The van der Waals surface area contributed by atoms with Gasteiger partial charge in [-0.3, -0.25) is 4.79 Å². The Morgan fingerprint density at radius 1 is 1.26 bits per heavy atom. The molecule has 0 aliphatic carbocycles. The third-order valence-electron chi connectivity index (χ3n) is 3.77. The number of anilines is 1. The number of nitrogens with one attached hydrogen (secondary N) is 2. The maximum Gasteiger partial charge on any atom is 0.262 e. The minimum atomic E-state index is -0.451. The minimum absolute atomic E-state index is 0.228. The van der Waals surface area contributed by atoms with E-state index in [4.69, 9.17) is 4.74 Å². The molecule has 0 radical (unpaired) electrons. The number of thiazole rings is 1. The molecule has 3 aromatic rings. The number of hydrogen-bond donors (Lipinski definition) is 2. The molecule has 0 aliphatic heterocycles. The van der Waals surface area contributed by atoms with Crippen LogP contribution in [-0.4, -0.2) is 29.8 Å². The summed E-state index contributed by atoms with van der Waals surface area (Å²) in [7, 11) is 0. The lowest BCUT2D eigenvalue weighted by Crippen LogP contribution is -2.34. The number of carbonyl (C=O) groups is 1. The number of rotatable bonds is 8. The highest BCUT2D eigenvalue weighted by molar-refractivity contribution is 7.22. The van der Waals surface area contributed by atoms with Crippen LogP contribution in [0.2, 0.25) is 0 Å². The molecule has 1 amide bonds. The number of carbonyl (C=O) groups excluding carboxylic acids is 1. The highest BCUT2D eigenvalue weighted by Gasteiger charge is 2.14. The molecule has 0 aliphatic rings. The molecule has 27 heavy (non-hydrogen) atoms. The first-order valence-electron chi connectivity index (χ1n) is 8.83. The average molecular weight is 382 g/mol. The number of aromatic nitrogens is 1. The Hall–Kier alpha value is -2.93. The van der Waals surface area contributed by atoms with Crippen molar-refractivity contribution in [2.45, 2.75) is 26.3 Å². The van der Waals surface area contributed by atoms with E-state index in [0.717, 1.165) is 28.0 Å². The second-order valence-electron chi connectivity index (χ2n) is 6.00. The minimum Gasteiger partial charge on any atom is -0.494 e. The number of hydrazone groups is 1. The van der Waals surface area contributed by atoms with Gasteiger partial charge in [0.15, 0.2) is 5.13 Å². The number of ether oxygens (including phenoxy) is 1. The second-order valence-corrected chi connectivity index (χ2v) is 7.04. The van der Waals surface area contributed by atoms with Gasteiger partial charge in [0.2, 0.25) is 0 Å². The normalized spacial score (nSPS) is 12.2. The predicted molar refractivity (Wildman–Crippen MR) is 111 cm³/mol. The summed E-state index contributed by atoms with van der Waals surface area (Å²) >= 11 is 1.52. The van der Waals surface area contributed by atoms with Crippen molar-refractivity contribution in [2.75, 3.05) is 11.9 Å². The molecule has 0 unspecified atom stereocenters. The molecule has 7 heteroatoms. The van der Waals surface area contributed by atoms with Crippen molar-refractivity contribution in [3.8, 4) is 5.75 Å². The van der Waals surface area contributed by atoms with E-state index in [1.54, 1.807) is 13.1 Å². The van der Waals surface area contributed by atoms with Crippen LogP contribution in [0.5, 0.6) is 5.75 Å². The molecule has 140 valence electrons. The zero-order valence-corrected chi connectivity index (χ0v) is 16.1. The Balaban J connectivity index is 1.51. The Morgan fingerprint density at radius 2 is 2.04 bits per heavy atom. The van der Waals surface area contributed by atoms with E-state index >= 15 is 0 Å². The Bertz CT molecular complexity index is 888. The Labute approximate surface area is 162 Å². The molecule has 2 N–H and O–H groups in total. The molecule has 3 rings (SSSR count). The van der Waals surface area contributed by atoms with Crippen LogP contribution in [0.1, 0.15) is 25.8 Å². The fraction of sp³-hybridized carbons (Fsp3) is 0.250. The summed E-state index contributed by atoms with van der Waals surface area (Å²) in [4.78, 5) is 16.7. The number of benzene rings is 2. The van der Waals surface area contributed by atoms with E-state index in [1.165, 1.54) is 11.3 Å². The van der Waals surface area contributed by atoms with Crippen LogP contribution in [-0.2, 0) is 4.79 Å². The molecule has 0 saturated heterocycles. The van der Waals surface area contributed by atoms with Crippen molar-refractivity contribution >= 4 is 38.8 Å². The van der Waals surface area contributed by atoms with Gasteiger partial charge in [-0.1, -0.05) is 30.4 Å². The summed E-state index contributed by atoms with van der Waals surface area (Å²) in [5, 5.41) is 7.84. The largest absolute Gasteiger partial charge is 0.494 e. The first-order chi connectivity index (χ1) is 13.2. The zero-order valence-electron chi connectivity index (χ0n) is 15.3. The third kappa shape index (κ3) is 5.27. The van der Waals surface area contributed by atoms with Crippen molar-refractivity contribution in [1.82, 2.24) is 10.4 Å². The lowest BCUT2D eigenvalue weighted by Gasteiger charge is -2.10. The van der Waals surface area contributed by atoms with Gasteiger partial charge in [0.05, 0.1) is 23.0 Å². The van der Waals surface area contributed by atoms with E-state index in [2.05, 4.69) is 27.8 Å². The molecule has 0 spiro atoms. The smallest absolute Gasteiger partial charge is 0.262 e. The third-order valence-corrected chi connectivity index (χ3v) is 4.74. The van der Waals surface area contributed by atoms with E-state index in [0.29, 0.717) is 11.7 Å². The summed E-state index contributed by atoms with van der Waals surface area (Å²) in [6.45, 7) is 4.54. The molecule has 0 fully saturated rings.